The summed E-state index contributed by atoms with van der Waals surface area (Å²) in [5.41, 5.74) is 0.866. The van der Waals surface area contributed by atoms with E-state index in [2.05, 4.69) is 26.1 Å². The highest BCUT2D eigenvalue weighted by Crippen LogP contribution is 2.29. The second kappa shape index (κ2) is 4.69. The fourth-order valence-electron chi connectivity index (χ4n) is 1.49. The number of hydrogen-bond donors (Lipinski definition) is 1. The van der Waals surface area contributed by atoms with Crippen LogP contribution in [0.15, 0.2) is 22.7 Å². The van der Waals surface area contributed by atoms with Gasteiger partial charge in [0.15, 0.2) is 10.6 Å². The first-order valence-corrected chi connectivity index (χ1v) is 6.32. The third-order valence-corrected chi connectivity index (χ3v) is 3.38. The summed E-state index contributed by atoms with van der Waals surface area (Å²) in [5.74, 6) is 0.763. The zero-order valence-electron chi connectivity index (χ0n) is 8.50. The van der Waals surface area contributed by atoms with Gasteiger partial charge in [-0.3, -0.25) is 5.10 Å². The van der Waals surface area contributed by atoms with Gasteiger partial charge < -0.3 is 4.57 Å². The number of nitrogens with zero attached hydrogens (tertiary/aromatic N) is 2. The van der Waals surface area contributed by atoms with Gasteiger partial charge in [-0.25, -0.2) is 0 Å². The van der Waals surface area contributed by atoms with E-state index < -0.39 is 0 Å². The Balaban J connectivity index is 2.67. The molecule has 1 aromatic heterocycles. The molecule has 0 spiro atoms. The summed E-state index contributed by atoms with van der Waals surface area (Å²) in [4.78, 5) is 0. The molecule has 0 fully saturated rings. The average molecular weight is 319 g/mol. The van der Waals surface area contributed by atoms with Gasteiger partial charge in [0.05, 0.1) is 5.02 Å². The number of aromatic nitrogens is 3. The normalized spacial score (nSPS) is 10.7. The van der Waals surface area contributed by atoms with Crippen LogP contribution in [0.2, 0.25) is 5.02 Å². The second-order valence-corrected chi connectivity index (χ2v) is 4.93. The maximum atomic E-state index is 6.15. The number of benzene rings is 1. The highest BCUT2D eigenvalue weighted by atomic mass is 79.9. The molecular weight excluding hydrogens is 310 g/mol. The van der Waals surface area contributed by atoms with Gasteiger partial charge in [-0.1, -0.05) is 27.5 Å². The van der Waals surface area contributed by atoms with E-state index >= 15 is 0 Å². The standard InChI is InChI=1S/C10H9BrClN3S/c1-2-15-9(13-14-10(15)16)7-5-6(11)3-4-8(7)12/h3-5H,2H2,1H3,(H,14,16). The summed E-state index contributed by atoms with van der Waals surface area (Å²) >= 11 is 14.7. The number of aromatic amines is 1. The molecule has 2 aromatic rings. The van der Waals surface area contributed by atoms with E-state index in [1.54, 1.807) is 0 Å². The zero-order chi connectivity index (χ0) is 11.7. The minimum absolute atomic E-state index is 0.605. The topological polar surface area (TPSA) is 33.6 Å². The predicted octanol–water partition coefficient (Wildman–Crippen LogP) is 4.04. The van der Waals surface area contributed by atoms with Crippen LogP contribution >= 0.6 is 39.7 Å². The van der Waals surface area contributed by atoms with Crippen LogP contribution in [0.5, 0.6) is 0 Å². The Kier molecular flexibility index (Phi) is 3.47. The number of hydrogen-bond acceptors (Lipinski definition) is 2. The third kappa shape index (κ3) is 2.07. The molecule has 3 nitrogen and oxygen atoms in total. The highest BCUT2D eigenvalue weighted by Gasteiger charge is 2.11. The molecule has 2 rings (SSSR count). The Morgan fingerprint density at radius 2 is 2.31 bits per heavy atom. The van der Waals surface area contributed by atoms with Crippen molar-refractivity contribution >= 4 is 39.7 Å². The van der Waals surface area contributed by atoms with Crippen molar-refractivity contribution in [3.05, 3.63) is 32.5 Å². The number of nitrogens with one attached hydrogen (secondary N) is 1. The molecule has 0 atom stereocenters. The Labute approximate surface area is 112 Å². The third-order valence-electron chi connectivity index (χ3n) is 2.24. The highest BCUT2D eigenvalue weighted by molar-refractivity contribution is 9.10. The average Bonchev–Trinajstić information content (AvgIpc) is 2.63. The van der Waals surface area contributed by atoms with Crippen LogP contribution in [-0.2, 0) is 6.54 Å². The van der Waals surface area contributed by atoms with E-state index in [9.17, 15) is 0 Å². The Hall–Kier alpha value is -0.650. The van der Waals surface area contributed by atoms with E-state index in [-0.39, 0.29) is 0 Å². The summed E-state index contributed by atoms with van der Waals surface area (Å²) in [6, 6.07) is 5.65. The summed E-state index contributed by atoms with van der Waals surface area (Å²) in [5, 5.41) is 7.63. The molecule has 0 unspecified atom stereocenters. The van der Waals surface area contributed by atoms with E-state index in [0.29, 0.717) is 9.79 Å². The second-order valence-electron chi connectivity index (χ2n) is 3.22. The molecule has 0 saturated heterocycles. The molecule has 0 amide bonds. The first-order valence-electron chi connectivity index (χ1n) is 4.74. The Bertz CT molecular complexity index is 576. The molecule has 0 aliphatic rings. The maximum absolute atomic E-state index is 6.15. The van der Waals surface area contributed by atoms with Crippen LogP contribution in [-0.4, -0.2) is 14.8 Å². The van der Waals surface area contributed by atoms with E-state index in [4.69, 9.17) is 23.8 Å². The van der Waals surface area contributed by atoms with E-state index in [1.807, 2.05) is 29.7 Å². The van der Waals surface area contributed by atoms with Gasteiger partial charge in [0.2, 0.25) is 0 Å². The van der Waals surface area contributed by atoms with Crippen molar-refractivity contribution in [3.8, 4) is 11.4 Å². The van der Waals surface area contributed by atoms with Crippen LogP contribution in [0, 0.1) is 4.77 Å². The zero-order valence-corrected chi connectivity index (χ0v) is 11.7. The molecule has 0 aliphatic carbocycles. The van der Waals surface area contributed by atoms with Crippen molar-refractivity contribution in [2.24, 2.45) is 0 Å². The van der Waals surface area contributed by atoms with Crippen molar-refractivity contribution in [2.45, 2.75) is 13.5 Å². The lowest BCUT2D eigenvalue weighted by Gasteiger charge is -2.05. The minimum atomic E-state index is 0.605. The molecule has 16 heavy (non-hydrogen) atoms. The molecule has 0 radical (unpaired) electrons. The SMILES string of the molecule is CCn1c(-c2cc(Br)ccc2Cl)n[nH]c1=S. The smallest absolute Gasteiger partial charge is 0.195 e. The molecule has 0 saturated carbocycles. The predicted molar refractivity (Wildman–Crippen MR) is 71.2 cm³/mol. The van der Waals surface area contributed by atoms with Crippen molar-refractivity contribution < 1.29 is 0 Å². The fraction of sp³-hybridized carbons (Fsp3) is 0.200. The monoisotopic (exact) mass is 317 g/mol. The maximum Gasteiger partial charge on any atom is 0.195 e. The summed E-state index contributed by atoms with van der Waals surface area (Å²) in [6.07, 6.45) is 0. The van der Waals surface area contributed by atoms with Crippen molar-refractivity contribution in [1.29, 1.82) is 0 Å². The summed E-state index contributed by atoms with van der Waals surface area (Å²) in [7, 11) is 0. The molecule has 1 aromatic carbocycles. The molecule has 0 aliphatic heterocycles. The lowest BCUT2D eigenvalue weighted by Crippen LogP contribution is -1.98. The minimum Gasteiger partial charge on any atom is -0.300 e. The largest absolute Gasteiger partial charge is 0.300 e. The van der Waals surface area contributed by atoms with Crippen LogP contribution in [0.1, 0.15) is 6.92 Å². The number of rotatable bonds is 2. The van der Waals surface area contributed by atoms with Gasteiger partial charge in [0.25, 0.3) is 0 Å². The molecule has 1 N–H and O–H groups in total. The van der Waals surface area contributed by atoms with Crippen molar-refractivity contribution in [1.82, 2.24) is 14.8 Å². The Morgan fingerprint density at radius 1 is 1.56 bits per heavy atom. The summed E-state index contributed by atoms with van der Waals surface area (Å²) < 4.78 is 3.47. The molecular formula is C10H9BrClN3S. The van der Waals surface area contributed by atoms with E-state index in [1.165, 1.54) is 0 Å². The van der Waals surface area contributed by atoms with Gasteiger partial charge >= 0.3 is 0 Å². The Morgan fingerprint density at radius 3 is 3.00 bits per heavy atom. The first-order chi connectivity index (χ1) is 7.63. The van der Waals surface area contributed by atoms with Gasteiger partial charge in [-0.2, -0.15) is 5.10 Å². The van der Waals surface area contributed by atoms with Gasteiger partial charge in [-0.05, 0) is 37.3 Å². The molecule has 1 heterocycles. The van der Waals surface area contributed by atoms with Crippen LogP contribution in [0.3, 0.4) is 0 Å². The lowest BCUT2D eigenvalue weighted by atomic mass is 10.2. The molecule has 84 valence electrons. The lowest BCUT2D eigenvalue weighted by molar-refractivity contribution is 0.755. The van der Waals surface area contributed by atoms with Gasteiger partial charge in [0, 0.05) is 16.6 Å². The summed E-state index contributed by atoms with van der Waals surface area (Å²) in [6.45, 7) is 2.77. The fourth-order valence-corrected chi connectivity index (χ4v) is 2.31. The molecule has 0 bridgehead atoms. The van der Waals surface area contributed by atoms with Crippen LogP contribution < -0.4 is 0 Å². The van der Waals surface area contributed by atoms with Crippen LogP contribution in [0.4, 0.5) is 0 Å². The van der Waals surface area contributed by atoms with Gasteiger partial charge in [-0.15, -0.1) is 0 Å². The first kappa shape index (κ1) is 11.8. The van der Waals surface area contributed by atoms with Crippen LogP contribution in [0.25, 0.3) is 11.4 Å². The molecule has 6 heteroatoms. The quantitative estimate of drug-likeness (QED) is 0.848. The number of H-pyrrole nitrogens is 1. The van der Waals surface area contributed by atoms with Crippen molar-refractivity contribution in [3.63, 3.8) is 0 Å². The van der Waals surface area contributed by atoms with Crippen molar-refractivity contribution in [2.75, 3.05) is 0 Å². The number of halogens is 2. The van der Waals surface area contributed by atoms with Gasteiger partial charge in [0.1, 0.15) is 0 Å². The van der Waals surface area contributed by atoms with E-state index in [0.717, 1.165) is 22.4 Å².